The van der Waals surface area contributed by atoms with Crippen LogP contribution >= 0.6 is 11.3 Å². The minimum atomic E-state index is -1.28. The number of carbonyl (C=O) groups excluding carboxylic acids is 2. The second-order valence-corrected chi connectivity index (χ2v) is 5.45. The third kappa shape index (κ3) is 4.59. The van der Waals surface area contributed by atoms with E-state index in [-0.39, 0.29) is 12.6 Å². The average molecular weight is 299 g/mol. The highest BCUT2D eigenvalue weighted by Crippen LogP contribution is 2.22. The first-order chi connectivity index (χ1) is 9.47. The molecule has 1 amide bonds. The van der Waals surface area contributed by atoms with Gasteiger partial charge in [0.15, 0.2) is 6.04 Å². The van der Waals surface area contributed by atoms with Crippen molar-refractivity contribution in [3.8, 4) is 0 Å². The van der Waals surface area contributed by atoms with E-state index >= 15 is 0 Å². The second-order valence-electron chi connectivity index (χ2n) is 4.47. The van der Waals surface area contributed by atoms with E-state index in [1.165, 1.54) is 0 Å². The van der Waals surface area contributed by atoms with Crippen molar-refractivity contribution in [1.82, 2.24) is 10.2 Å². The van der Waals surface area contributed by atoms with Crippen LogP contribution in [0.5, 0.6) is 0 Å². The van der Waals surface area contributed by atoms with Crippen molar-refractivity contribution in [3.63, 3.8) is 0 Å². The molecular formula is C13H21N3O3S. The van der Waals surface area contributed by atoms with Gasteiger partial charge in [-0.05, 0) is 32.5 Å². The summed E-state index contributed by atoms with van der Waals surface area (Å²) in [5.74, 6) is -1.23. The Kier molecular flexibility index (Phi) is 6.63. The van der Waals surface area contributed by atoms with E-state index in [0.717, 1.165) is 4.88 Å². The summed E-state index contributed by atoms with van der Waals surface area (Å²) < 4.78 is 4.72. The summed E-state index contributed by atoms with van der Waals surface area (Å²) in [6.07, 6.45) is 0. The van der Waals surface area contributed by atoms with Crippen LogP contribution in [0.25, 0.3) is 0 Å². The van der Waals surface area contributed by atoms with Crippen LogP contribution in [0.15, 0.2) is 17.5 Å². The molecule has 7 heteroatoms. The monoisotopic (exact) mass is 299 g/mol. The van der Waals surface area contributed by atoms with Gasteiger partial charge in [0.2, 0.25) is 5.91 Å². The lowest BCUT2D eigenvalue weighted by molar-refractivity contribution is -0.148. The van der Waals surface area contributed by atoms with Crippen LogP contribution in [0.3, 0.4) is 0 Å². The predicted octanol–water partition coefficient (Wildman–Crippen LogP) is 0.357. The van der Waals surface area contributed by atoms with Gasteiger partial charge in [-0.15, -0.1) is 11.3 Å². The lowest BCUT2D eigenvalue weighted by Gasteiger charge is -2.24. The molecule has 0 spiro atoms. The highest BCUT2D eigenvalue weighted by atomic mass is 32.1. The molecule has 1 aromatic rings. The number of ether oxygens (including phenoxy) is 1. The summed E-state index contributed by atoms with van der Waals surface area (Å²) in [6, 6.07) is 2.74. The summed E-state index contributed by atoms with van der Waals surface area (Å²) in [5.41, 5.74) is 5.53. The van der Waals surface area contributed by atoms with Crippen LogP contribution in [0.2, 0.25) is 0 Å². The molecule has 0 saturated carbocycles. The van der Waals surface area contributed by atoms with Gasteiger partial charge in [-0.3, -0.25) is 4.79 Å². The van der Waals surface area contributed by atoms with Gasteiger partial charge < -0.3 is 20.7 Å². The van der Waals surface area contributed by atoms with E-state index in [9.17, 15) is 9.59 Å². The molecule has 0 aliphatic heterocycles. The van der Waals surface area contributed by atoms with Gasteiger partial charge in [0, 0.05) is 11.4 Å². The van der Waals surface area contributed by atoms with Crippen molar-refractivity contribution in [3.05, 3.63) is 22.4 Å². The number of nitrogens with zero attached hydrogens (tertiary/aromatic N) is 1. The highest BCUT2D eigenvalue weighted by molar-refractivity contribution is 7.10. The molecule has 1 rings (SSSR count). The first kappa shape index (κ1) is 16.6. The normalized spacial score (nSPS) is 13.8. The Morgan fingerprint density at radius 2 is 2.20 bits per heavy atom. The molecule has 0 fully saturated rings. The minimum absolute atomic E-state index is 0.0494. The Bertz CT molecular complexity index is 434. The van der Waals surface area contributed by atoms with Gasteiger partial charge in [0.25, 0.3) is 0 Å². The Labute approximate surface area is 122 Å². The van der Waals surface area contributed by atoms with Crippen LogP contribution in [-0.2, 0) is 14.3 Å². The number of likely N-dealkylation sites (N-methyl/N-ethyl adjacent to an activating group) is 1. The predicted molar refractivity (Wildman–Crippen MR) is 78.4 cm³/mol. The lowest BCUT2D eigenvalue weighted by atomic mass is 10.2. The topological polar surface area (TPSA) is 84.7 Å². The van der Waals surface area contributed by atoms with Crippen molar-refractivity contribution in [2.24, 2.45) is 5.73 Å². The van der Waals surface area contributed by atoms with Crippen LogP contribution in [-0.4, -0.2) is 50.1 Å². The van der Waals surface area contributed by atoms with Crippen LogP contribution < -0.4 is 11.1 Å². The Hall–Kier alpha value is -1.44. The molecule has 2 atom stereocenters. The number of carbonyl (C=O) groups is 2. The maximum atomic E-state index is 11.8. The third-order valence-corrected chi connectivity index (χ3v) is 3.76. The van der Waals surface area contributed by atoms with Gasteiger partial charge in [-0.25, -0.2) is 4.79 Å². The van der Waals surface area contributed by atoms with E-state index in [1.54, 1.807) is 18.3 Å². The summed E-state index contributed by atoms with van der Waals surface area (Å²) in [6.45, 7) is 2.26. The van der Waals surface area contributed by atoms with Gasteiger partial charge in [0.05, 0.1) is 12.6 Å². The Morgan fingerprint density at radius 1 is 1.50 bits per heavy atom. The molecule has 0 saturated heterocycles. The zero-order valence-corrected chi connectivity index (χ0v) is 12.8. The molecule has 0 radical (unpaired) electrons. The standard InChI is InChI=1S/C13H21N3O3S/c1-4-19-13(18)11(14)12(17)15-8-9(16(2)3)10-6-5-7-20-10/h5-7,9,11H,4,8,14H2,1-3H3,(H,15,17). The van der Waals surface area contributed by atoms with Gasteiger partial charge in [-0.1, -0.05) is 6.07 Å². The van der Waals surface area contributed by atoms with Crippen molar-refractivity contribution in [1.29, 1.82) is 0 Å². The number of hydrogen-bond donors (Lipinski definition) is 2. The molecule has 3 N–H and O–H groups in total. The van der Waals surface area contributed by atoms with Crippen LogP contribution in [0.1, 0.15) is 17.8 Å². The molecular weight excluding hydrogens is 278 g/mol. The number of rotatable bonds is 7. The van der Waals surface area contributed by atoms with E-state index in [0.29, 0.717) is 6.54 Å². The summed E-state index contributed by atoms with van der Waals surface area (Å²) in [4.78, 5) is 26.3. The Balaban J connectivity index is 2.56. The first-order valence-corrected chi connectivity index (χ1v) is 7.25. The number of hydrogen-bond acceptors (Lipinski definition) is 6. The van der Waals surface area contributed by atoms with Gasteiger partial charge in [-0.2, -0.15) is 0 Å². The average Bonchev–Trinajstić information content (AvgIpc) is 2.91. The van der Waals surface area contributed by atoms with Crippen LogP contribution in [0, 0.1) is 0 Å². The molecule has 112 valence electrons. The lowest BCUT2D eigenvalue weighted by Crippen LogP contribution is -2.48. The molecule has 2 unspecified atom stereocenters. The highest BCUT2D eigenvalue weighted by Gasteiger charge is 2.24. The van der Waals surface area contributed by atoms with Crippen molar-refractivity contribution < 1.29 is 14.3 Å². The first-order valence-electron chi connectivity index (χ1n) is 6.37. The SMILES string of the molecule is CCOC(=O)C(N)C(=O)NCC(c1cccs1)N(C)C. The smallest absolute Gasteiger partial charge is 0.332 e. The van der Waals surface area contributed by atoms with Gasteiger partial charge in [0.1, 0.15) is 0 Å². The third-order valence-electron chi connectivity index (χ3n) is 2.79. The fourth-order valence-electron chi connectivity index (χ4n) is 1.66. The largest absolute Gasteiger partial charge is 0.464 e. The molecule has 1 aromatic heterocycles. The van der Waals surface area contributed by atoms with E-state index in [2.05, 4.69) is 5.32 Å². The number of esters is 1. The van der Waals surface area contributed by atoms with E-state index in [4.69, 9.17) is 10.5 Å². The minimum Gasteiger partial charge on any atom is -0.464 e. The number of nitrogens with one attached hydrogen (secondary N) is 1. The zero-order chi connectivity index (χ0) is 15.1. The van der Waals surface area contributed by atoms with Crippen LogP contribution in [0.4, 0.5) is 0 Å². The molecule has 0 aliphatic rings. The fourth-order valence-corrected chi connectivity index (χ4v) is 2.59. The summed E-state index contributed by atoms with van der Waals surface area (Å²) in [7, 11) is 3.86. The molecule has 6 nitrogen and oxygen atoms in total. The van der Waals surface area contributed by atoms with E-state index < -0.39 is 17.9 Å². The molecule has 0 aliphatic carbocycles. The Morgan fingerprint density at radius 3 is 2.70 bits per heavy atom. The van der Waals surface area contributed by atoms with E-state index in [1.807, 2.05) is 36.5 Å². The second kappa shape index (κ2) is 7.98. The van der Waals surface area contributed by atoms with Crippen molar-refractivity contribution in [2.75, 3.05) is 27.2 Å². The molecule has 0 aromatic carbocycles. The quantitative estimate of drug-likeness (QED) is 0.561. The molecule has 0 bridgehead atoms. The molecule has 20 heavy (non-hydrogen) atoms. The number of nitrogens with two attached hydrogens (primary N) is 1. The summed E-state index contributed by atoms with van der Waals surface area (Å²) in [5, 5.41) is 4.68. The van der Waals surface area contributed by atoms with Crippen molar-refractivity contribution >= 4 is 23.2 Å². The fraction of sp³-hybridized carbons (Fsp3) is 0.538. The van der Waals surface area contributed by atoms with Gasteiger partial charge >= 0.3 is 5.97 Å². The maximum absolute atomic E-state index is 11.8. The molecule has 1 heterocycles. The van der Waals surface area contributed by atoms with Crippen molar-refractivity contribution in [2.45, 2.75) is 19.0 Å². The number of amides is 1. The maximum Gasteiger partial charge on any atom is 0.332 e. The number of thiophene rings is 1. The summed E-state index contributed by atoms with van der Waals surface area (Å²) >= 11 is 1.62. The zero-order valence-electron chi connectivity index (χ0n) is 12.0.